The second-order valence-electron chi connectivity index (χ2n) is 5.90. The third-order valence-electron chi connectivity index (χ3n) is 4.20. The Morgan fingerprint density at radius 3 is 2.52 bits per heavy atom. The van der Waals surface area contributed by atoms with Crippen LogP contribution in [0.4, 0.5) is 11.4 Å². The number of fused-ring (bicyclic) bond motifs is 1. The van der Waals surface area contributed by atoms with Crippen molar-refractivity contribution in [2.75, 3.05) is 30.4 Å². The van der Waals surface area contributed by atoms with Gasteiger partial charge in [0, 0.05) is 37.4 Å². The van der Waals surface area contributed by atoms with Crippen LogP contribution in [-0.4, -0.2) is 26.0 Å². The highest BCUT2D eigenvalue weighted by atomic mass is 35.5. The van der Waals surface area contributed by atoms with E-state index in [9.17, 15) is 4.79 Å². The van der Waals surface area contributed by atoms with E-state index >= 15 is 0 Å². The first-order chi connectivity index (χ1) is 11.3. The molecule has 3 rings (SSSR count). The fourth-order valence-electron chi connectivity index (χ4n) is 2.95. The molecule has 0 saturated heterocycles. The zero-order valence-electron chi connectivity index (χ0n) is 14.3. The maximum Gasteiger partial charge on any atom is 0.225 e. The van der Waals surface area contributed by atoms with Gasteiger partial charge in [-0.15, -0.1) is 24.8 Å². The number of hydrogen-bond acceptors (Lipinski definition) is 3. The van der Waals surface area contributed by atoms with Gasteiger partial charge < -0.3 is 15.5 Å². The van der Waals surface area contributed by atoms with E-state index in [0.717, 1.165) is 25.2 Å². The molecule has 0 atom stereocenters. The molecule has 4 nitrogen and oxygen atoms in total. The minimum Gasteiger partial charge on any atom is -0.367 e. The molecule has 136 valence electrons. The summed E-state index contributed by atoms with van der Waals surface area (Å²) in [6, 6.07) is 16.7. The van der Waals surface area contributed by atoms with E-state index in [1.165, 1.54) is 16.8 Å². The molecule has 2 aromatic carbocycles. The van der Waals surface area contributed by atoms with Crippen molar-refractivity contribution in [1.82, 2.24) is 5.32 Å². The van der Waals surface area contributed by atoms with Crippen molar-refractivity contribution in [3.63, 3.8) is 0 Å². The summed E-state index contributed by atoms with van der Waals surface area (Å²) in [5, 5.41) is 5.90. The average Bonchev–Trinajstić information content (AvgIpc) is 2.98. The van der Waals surface area contributed by atoms with Crippen LogP contribution in [0.15, 0.2) is 48.5 Å². The van der Waals surface area contributed by atoms with Crippen molar-refractivity contribution >= 4 is 42.1 Å². The van der Waals surface area contributed by atoms with Gasteiger partial charge in [0.05, 0.1) is 0 Å². The van der Waals surface area contributed by atoms with E-state index in [1.54, 1.807) is 0 Å². The van der Waals surface area contributed by atoms with E-state index < -0.39 is 0 Å². The second-order valence-corrected chi connectivity index (χ2v) is 5.90. The number of hydrogen-bond donors (Lipinski definition) is 2. The van der Waals surface area contributed by atoms with Crippen molar-refractivity contribution in [1.29, 1.82) is 0 Å². The van der Waals surface area contributed by atoms with Crippen LogP contribution in [0.25, 0.3) is 0 Å². The Balaban J connectivity index is 0.00000156. The molecule has 0 saturated carbocycles. The Morgan fingerprint density at radius 1 is 1.08 bits per heavy atom. The minimum atomic E-state index is 0. The lowest BCUT2D eigenvalue weighted by molar-refractivity contribution is -0.116. The van der Waals surface area contributed by atoms with Crippen molar-refractivity contribution < 1.29 is 4.79 Å². The predicted molar refractivity (Wildman–Crippen MR) is 109 cm³/mol. The fraction of sp³-hybridized carbons (Fsp3) is 0.316. The number of para-hydroxylation sites is 1. The van der Waals surface area contributed by atoms with Crippen LogP contribution < -0.4 is 15.5 Å². The number of carbonyl (C=O) groups excluding carboxylic acids is 1. The summed E-state index contributed by atoms with van der Waals surface area (Å²) >= 11 is 0. The van der Waals surface area contributed by atoms with Gasteiger partial charge >= 0.3 is 0 Å². The van der Waals surface area contributed by atoms with Crippen LogP contribution >= 0.6 is 24.8 Å². The van der Waals surface area contributed by atoms with Crippen molar-refractivity contribution in [2.24, 2.45) is 0 Å². The fourth-order valence-corrected chi connectivity index (χ4v) is 2.95. The summed E-state index contributed by atoms with van der Waals surface area (Å²) in [4.78, 5) is 14.1. The second kappa shape index (κ2) is 10.3. The molecule has 1 heterocycles. The molecular formula is C19H25Cl2N3O. The van der Waals surface area contributed by atoms with Gasteiger partial charge in [-0.2, -0.15) is 0 Å². The van der Waals surface area contributed by atoms with Crippen LogP contribution in [0.3, 0.4) is 0 Å². The minimum absolute atomic E-state index is 0. The molecule has 2 aromatic rings. The Bertz CT molecular complexity index is 677. The number of amides is 1. The lowest BCUT2D eigenvalue weighted by atomic mass is 10.1. The molecule has 6 heteroatoms. The smallest absolute Gasteiger partial charge is 0.225 e. The topological polar surface area (TPSA) is 44.4 Å². The van der Waals surface area contributed by atoms with E-state index in [4.69, 9.17) is 0 Å². The third-order valence-corrected chi connectivity index (χ3v) is 4.20. The molecule has 2 N–H and O–H groups in total. The van der Waals surface area contributed by atoms with Crippen LogP contribution in [0, 0.1) is 0 Å². The molecule has 0 radical (unpaired) electrons. The SMILES string of the molecule is CNCCC(=O)Nc1ccc(CN2CCc3ccccc32)cc1.Cl.Cl. The van der Waals surface area contributed by atoms with E-state index in [2.05, 4.69) is 51.9 Å². The highest BCUT2D eigenvalue weighted by molar-refractivity contribution is 5.90. The molecular weight excluding hydrogens is 357 g/mol. The molecule has 1 amide bonds. The van der Waals surface area contributed by atoms with Gasteiger partial charge in [0.1, 0.15) is 0 Å². The van der Waals surface area contributed by atoms with Gasteiger partial charge in [0.25, 0.3) is 0 Å². The zero-order chi connectivity index (χ0) is 16.1. The molecule has 0 spiro atoms. The van der Waals surface area contributed by atoms with Crippen LogP contribution in [-0.2, 0) is 17.8 Å². The first kappa shape index (κ1) is 21.3. The van der Waals surface area contributed by atoms with Gasteiger partial charge in [0.15, 0.2) is 0 Å². The molecule has 0 fully saturated rings. The Hall–Kier alpha value is -1.75. The standard InChI is InChI=1S/C19H23N3O.2ClH/c1-20-12-10-19(23)21-17-8-6-15(7-9-17)14-22-13-11-16-4-2-3-5-18(16)22;;/h2-9,20H,10-14H2,1H3,(H,21,23);2*1H. The maximum absolute atomic E-state index is 11.7. The first-order valence-electron chi connectivity index (χ1n) is 8.12. The van der Waals surface area contributed by atoms with Crippen molar-refractivity contribution in [2.45, 2.75) is 19.4 Å². The maximum atomic E-state index is 11.7. The van der Waals surface area contributed by atoms with Gasteiger partial charge in [-0.1, -0.05) is 30.3 Å². The monoisotopic (exact) mass is 381 g/mol. The lowest BCUT2D eigenvalue weighted by Crippen LogP contribution is -2.20. The molecule has 1 aliphatic heterocycles. The molecule has 1 aliphatic rings. The summed E-state index contributed by atoms with van der Waals surface area (Å²) < 4.78 is 0. The average molecular weight is 382 g/mol. The van der Waals surface area contributed by atoms with E-state index in [1.807, 2.05) is 19.2 Å². The Labute approximate surface area is 161 Å². The van der Waals surface area contributed by atoms with Crippen molar-refractivity contribution in [3.05, 3.63) is 59.7 Å². The van der Waals surface area contributed by atoms with Crippen LogP contribution in [0.5, 0.6) is 0 Å². The molecule has 25 heavy (non-hydrogen) atoms. The number of rotatable bonds is 6. The van der Waals surface area contributed by atoms with Crippen LogP contribution in [0.1, 0.15) is 17.5 Å². The van der Waals surface area contributed by atoms with Gasteiger partial charge in [-0.3, -0.25) is 4.79 Å². The number of halogens is 2. The summed E-state index contributed by atoms with van der Waals surface area (Å²) in [7, 11) is 1.85. The molecule has 0 bridgehead atoms. The summed E-state index contributed by atoms with van der Waals surface area (Å²) in [5.41, 5.74) is 4.89. The van der Waals surface area contributed by atoms with E-state index in [-0.39, 0.29) is 30.7 Å². The van der Waals surface area contributed by atoms with Gasteiger partial charge in [-0.05, 0) is 42.8 Å². The molecule has 0 unspecified atom stereocenters. The number of anilines is 2. The summed E-state index contributed by atoms with van der Waals surface area (Å²) in [6.45, 7) is 2.67. The third kappa shape index (κ3) is 5.63. The Morgan fingerprint density at radius 2 is 1.80 bits per heavy atom. The van der Waals surface area contributed by atoms with E-state index in [0.29, 0.717) is 13.0 Å². The van der Waals surface area contributed by atoms with Crippen LogP contribution in [0.2, 0.25) is 0 Å². The Kier molecular flexibility index (Phi) is 8.76. The number of nitrogens with zero attached hydrogens (tertiary/aromatic N) is 1. The van der Waals surface area contributed by atoms with Gasteiger partial charge in [-0.25, -0.2) is 0 Å². The number of nitrogens with one attached hydrogen (secondary N) is 2. The molecule has 0 aliphatic carbocycles. The highest BCUT2D eigenvalue weighted by Gasteiger charge is 2.18. The van der Waals surface area contributed by atoms with Crippen molar-refractivity contribution in [3.8, 4) is 0 Å². The lowest BCUT2D eigenvalue weighted by Gasteiger charge is -2.19. The number of carbonyl (C=O) groups is 1. The quantitative estimate of drug-likeness (QED) is 0.802. The summed E-state index contributed by atoms with van der Waals surface area (Å²) in [6.07, 6.45) is 1.61. The van der Waals surface area contributed by atoms with Gasteiger partial charge in [0.2, 0.25) is 5.91 Å². The molecule has 0 aromatic heterocycles. The summed E-state index contributed by atoms with van der Waals surface area (Å²) in [5.74, 6) is 0.0422. The normalized spacial score (nSPS) is 12.0. The predicted octanol–water partition coefficient (Wildman–Crippen LogP) is 3.64. The number of benzene rings is 2. The zero-order valence-corrected chi connectivity index (χ0v) is 16.0. The highest BCUT2D eigenvalue weighted by Crippen LogP contribution is 2.28. The first-order valence-corrected chi connectivity index (χ1v) is 8.12. The largest absolute Gasteiger partial charge is 0.367 e.